The SMILES string of the molecule is CNC(=O)C[C@@H]1NC(=O)c2csc(n2)-c2ccc(-c3nc(N(C)C(=O)OC(C)(C)C)cs3)nc2-c2csc(n2)-c2csc(n2)[C@H]([C@@H](O)c2ccccc2)NC(=O)CNC(=O)C2N=C(NC(=O)c3nc1sc3C)SC2COC. The van der Waals surface area contributed by atoms with Gasteiger partial charge in [-0.05, 0) is 45.4 Å². The van der Waals surface area contributed by atoms with Crippen LogP contribution in [0.25, 0.3) is 43.4 Å². The van der Waals surface area contributed by atoms with Crippen molar-refractivity contribution in [1.82, 2.24) is 56.5 Å². The van der Waals surface area contributed by atoms with Crippen LogP contribution in [0.1, 0.15) is 86.8 Å². The lowest BCUT2D eigenvalue weighted by molar-refractivity contribution is -0.127. The van der Waals surface area contributed by atoms with Crippen molar-refractivity contribution in [2.45, 2.75) is 69.2 Å². The summed E-state index contributed by atoms with van der Waals surface area (Å²) < 4.78 is 11.0. The highest BCUT2D eigenvalue weighted by atomic mass is 32.2. The molecule has 5 atom stereocenters. The first-order valence-electron chi connectivity index (χ1n) is 23.5. The fourth-order valence-corrected chi connectivity index (χ4v) is 13.2. The van der Waals surface area contributed by atoms with E-state index in [1.54, 1.807) is 98.7 Å². The molecule has 22 nitrogen and oxygen atoms in total. The van der Waals surface area contributed by atoms with E-state index in [9.17, 15) is 33.9 Å². The molecule has 9 rings (SSSR count). The molecule has 10 bridgehead atoms. The Bertz CT molecular complexity index is 3400. The molecule has 2 unspecified atom stereocenters. The van der Waals surface area contributed by atoms with Crippen LogP contribution < -0.4 is 31.5 Å². The van der Waals surface area contributed by atoms with Gasteiger partial charge in [-0.25, -0.2) is 39.7 Å². The average molecular weight is 1160 g/mol. The zero-order valence-electron chi connectivity index (χ0n) is 42.1. The number of carbonyl (C=O) groups is 6. The highest BCUT2D eigenvalue weighted by Gasteiger charge is 2.38. The number of aliphatic imine (C=N–C) groups is 1. The number of carbonyl (C=O) groups excluding carboxylic acids is 6. The number of rotatable bonds is 8. The zero-order chi connectivity index (χ0) is 54.7. The standard InChI is InChI=1S/C49H49N13O9S6/c1-22-34-41(68)61-47-60-36(30(77-47)17-70-7)40(67)51-16-33(64)58-37(38(65)23-11-9-8-10-12-23)46-56-29(20-74-46)44-54-27(18-73-44)35-24(13-14-25(52-35)43-57-31(21-75-43)62(6)48(69)71-49(2,3)4)42-55-28(19-72-42)39(66)53-26(15-32(63)50-5)45(59-34)76-22/h8-14,18-21,26,30,36-38,65H,15-17H2,1-7H3,(H,50,63)(H,51,67)(H,53,66)(H,58,64)(H,60,61,68)/t26-,30?,36?,37-,38-/m0/s1. The van der Waals surface area contributed by atoms with Crippen molar-refractivity contribution < 1.29 is 43.3 Å². The maximum Gasteiger partial charge on any atom is 0.415 e. The maximum atomic E-state index is 14.2. The van der Waals surface area contributed by atoms with Gasteiger partial charge >= 0.3 is 6.09 Å². The smallest absolute Gasteiger partial charge is 0.415 e. The Kier molecular flexibility index (Phi) is 16.6. The number of nitrogens with zero attached hydrogens (tertiary/aromatic N) is 8. The summed E-state index contributed by atoms with van der Waals surface area (Å²) in [5, 5.41) is 34.0. The van der Waals surface area contributed by atoms with Crippen LogP contribution in [0.4, 0.5) is 10.6 Å². The number of hydrogen-bond donors (Lipinski definition) is 6. The van der Waals surface area contributed by atoms with Gasteiger partial charge in [0.15, 0.2) is 5.17 Å². The summed E-state index contributed by atoms with van der Waals surface area (Å²) in [6.07, 6.45) is -2.06. The first-order valence-corrected chi connectivity index (χ1v) is 28.7. The van der Waals surface area contributed by atoms with Crippen molar-refractivity contribution in [3.05, 3.63) is 95.8 Å². The monoisotopic (exact) mass is 1160 g/mol. The molecule has 0 aliphatic carbocycles. The minimum Gasteiger partial charge on any atom is -0.443 e. The lowest BCUT2D eigenvalue weighted by atomic mass is 10.0. The predicted octanol–water partition coefficient (Wildman–Crippen LogP) is 6.56. The number of methoxy groups -OCH3 is 1. The summed E-state index contributed by atoms with van der Waals surface area (Å²) in [4.78, 5) is 117. The van der Waals surface area contributed by atoms with E-state index in [1.807, 2.05) is 0 Å². The molecule has 0 spiro atoms. The van der Waals surface area contributed by atoms with Crippen LogP contribution in [0.2, 0.25) is 0 Å². The van der Waals surface area contributed by atoms with E-state index < -0.39 is 77.3 Å². The third kappa shape index (κ3) is 12.6. The Balaban J connectivity index is 1.12. The van der Waals surface area contributed by atoms with Crippen molar-refractivity contribution in [2.24, 2.45) is 4.99 Å². The lowest BCUT2D eigenvalue weighted by Gasteiger charge is -2.23. The second-order valence-corrected chi connectivity index (χ2v) is 24.1. The topological polar surface area (TPSA) is 294 Å². The summed E-state index contributed by atoms with van der Waals surface area (Å²) in [5.74, 6) is -2.54. The molecule has 400 valence electrons. The van der Waals surface area contributed by atoms with Crippen LogP contribution in [0.5, 0.6) is 0 Å². The molecule has 77 heavy (non-hydrogen) atoms. The van der Waals surface area contributed by atoms with Gasteiger partial charge in [0.25, 0.3) is 11.8 Å². The molecule has 2 aliphatic rings. The number of ether oxygens (including phenoxy) is 2. The molecule has 6 amide bonds. The second-order valence-electron chi connectivity index (χ2n) is 18.2. The average Bonchev–Trinajstić information content (AvgIpc) is 4.32. The van der Waals surface area contributed by atoms with Crippen LogP contribution in [-0.2, 0) is 23.9 Å². The fraction of sp³-hybridized carbons (Fsp3) is 0.327. The molecule has 1 aromatic carbocycles. The second kappa shape index (κ2) is 23.4. The number of hydrogen-bond acceptors (Lipinski definition) is 22. The van der Waals surface area contributed by atoms with Gasteiger partial charge in [0.05, 0.1) is 36.6 Å². The Morgan fingerprint density at radius 2 is 1.53 bits per heavy atom. The quantitative estimate of drug-likeness (QED) is 0.0939. The Morgan fingerprint density at radius 3 is 2.29 bits per heavy atom. The van der Waals surface area contributed by atoms with Gasteiger partial charge in [0.1, 0.15) is 83.1 Å². The van der Waals surface area contributed by atoms with E-state index in [-0.39, 0.29) is 34.6 Å². The van der Waals surface area contributed by atoms with Crippen molar-refractivity contribution >= 4 is 115 Å². The number of pyridine rings is 1. The van der Waals surface area contributed by atoms with E-state index in [4.69, 9.17) is 34.4 Å². The number of amides is 6. The third-order valence-corrected chi connectivity index (χ3v) is 17.3. The van der Waals surface area contributed by atoms with Crippen molar-refractivity contribution in [1.29, 1.82) is 0 Å². The molecule has 8 heterocycles. The molecule has 0 radical (unpaired) electrons. The first kappa shape index (κ1) is 54.9. The molecule has 2 aliphatic heterocycles. The molecule has 0 saturated heterocycles. The molecular weight excluding hydrogens is 1110 g/mol. The van der Waals surface area contributed by atoms with E-state index in [2.05, 4.69) is 36.6 Å². The summed E-state index contributed by atoms with van der Waals surface area (Å²) in [6.45, 7) is 6.58. The number of aromatic nitrogens is 6. The molecule has 6 N–H and O–H groups in total. The van der Waals surface area contributed by atoms with Crippen molar-refractivity contribution in [3.8, 4) is 43.4 Å². The number of thioether (sulfide) groups is 1. The van der Waals surface area contributed by atoms with Crippen LogP contribution in [0.15, 0.2) is 69.0 Å². The molecule has 6 aromatic heterocycles. The molecule has 28 heteroatoms. The molecule has 7 aromatic rings. The Hall–Kier alpha value is -6.92. The summed E-state index contributed by atoms with van der Waals surface area (Å²) in [6, 6.07) is 9.21. The van der Waals surface area contributed by atoms with Crippen LogP contribution in [0.3, 0.4) is 0 Å². The maximum absolute atomic E-state index is 14.2. The van der Waals surface area contributed by atoms with Crippen molar-refractivity contribution in [3.63, 3.8) is 0 Å². The predicted molar refractivity (Wildman–Crippen MR) is 296 cm³/mol. The normalized spacial score (nSPS) is 18.6. The highest BCUT2D eigenvalue weighted by Crippen LogP contribution is 2.40. The van der Waals surface area contributed by atoms with Gasteiger partial charge in [-0.1, -0.05) is 42.1 Å². The number of fused-ring (bicyclic) bond motifs is 13. The Labute approximate surface area is 464 Å². The van der Waals surface area contributed by atoms with Gasteiger partial charge < -0.3 is 35.8 Å². The summed E-state index contributed by atoms with van der Waals surface area (Å²) in [5.41, 5.74) is 2.04. The van der Waals surface area contributed by atoms with Gasteiger partial charge in [0.2, 0.25) is 17.7 Å². The van der Waals surface area contributed by atoms with E-state index in [0.717, 1.165) is 23.1 Å². The van der Waals surface area contributed by atoms with Gasteiger partial charge in [-0.2, -0.15) is 0 Å². The molecule has 0 saturated carbocycles. The molecule has 0 fully saturated rings. The minimum atomic E-state index is -1.26. The lowest BCUT2D eigenvalue weighted by Crippen LogP contribution is -2.45. The van der Waals surface area contributed by atoms with Crippen molar-refractivity contribution in [2.75, 3.05) is 39.3 Å². The largest absolute Gasteiger partial charge is 0.443 e. The number of anilines is 1. The van der Waals surface area contributed by atoms with Crippen LogP contribution in [-0.4, -0.2) is 127 Å². The number of aliphatic hydroxyl groups is 1. The van der Waals surface area contributed by atoms with Gasteiger partial charge in [-0.3, -0.25) is 34.2 Å². The number of nitrogens with one attached hydrogen (secondary N) is 5. The number of aryl methyl sites for hydroxylation is 1. The summed E-state index contributed by atoms with van der Waals surface area (Å²) in [7, 11) is 4.50. The van der Waals surface area contributed by atoms with Gasteiger partial charge in [-0.15, -0.1) is 56.7 Å². The number of benzene rings is 1. The van der Waals surface area contributed by atoms with E-state index in [1.165, 1.54) is 64.4 Å². The zero-order valence-corrected chi connectivity index (χ0v) is 47.0. The van der Waals surface area contributed by atoms with E-state index in [0.29, 0.717) is 64.6 Å². The van der Waals surface area contributed by atoms with Crippen LogP contribution >= 0.6 is 68.4 Å². The highest BCUT2D eigenvalue weighted by molar-refractivity contribution is 8.14. The molecular formula is C49H49N13O9S6. The Morgan fingerprint density at radius 1 is 0.818 bits per heavy atom. The van der Waals surface area contributed by atoms with Crippen LogP contribution in [0, 0.1) is 6.92 Å². The third-order valence-electron chi connectivity index (χ3n) is 11.5. The summed E-state index contributed by atoms with van der Waals surface area (Å²) >= 11 is 7.15. The fourth-order valence-electron chi connectivity index (χ4n) is 7.73. The van der Waals surface area contributed by atoms with Gasteiger partial charge in [0, 0.05) is 53.2 Å². The minimum absolute atomic E-state index is 0.0127. The number of amidine groups is 1. The number of thiazole rings is 5. The number of aliphatic hydroxyl groups excluding tert-OH is 1. The first-order chi connectivity index (χ1) is 36.9. The van der Waals surface area contributed by atoms with E-state index >= 15 is 0 Å².